The fourth-order valence-corrected chi connectivity index (χ4v) is 7.25. The van der Waals surface area contributed by atoms with Crippen molar-refractivity contribution >= 4 is 65.3 Å². The van der Waals surface area contributed by atoms with Crippen molar-refractivity contribution in [2.45, 2.75) is 0 Å². The van der Waals surface area contributed by atoms with Crippen LogP contribution in [0.1, 0.15) is 0 Å². The molecule has 3 aromatic heterocycles. The second-order valence-corrected chi connectivity index (χ2v) is 11.4. The smallest absolute Gasteiger partial charge is 0.137 e. The predicted molar refractivity (Wildman–Crippen MR) is 172 cm³/mol. The van der Waals surface area contributed by atoms with Gasteiger partial charge in [0.15, 0.2) is 0 Å². The van der Waals surface area contributed by atoms with Gasteiger partial charge in [0.1, 0.15) is 16.2 Å². The van der Waals surface area contributed by atoms with Crippen LogP contribution in [0.5, 0.6) is 0 Å². The van der Waals surface area contributed by atoms with Crippen LogP contribution in [0.15, 0.2) is 138 Å². The third-order valence-corrected chi connectivity index (χ3v) is 9.19. The molecule has 9 aromatic rings. The van der Waals surface area contributed by atoms with Crippen LogP contribution in [0.25, 0.3) is 81.3 Å². The molecule has 0 amide bonds. The molecule has 0 fully saturated rings. The van der Waals surface area contributed by atoms with E-state index in [9.17, 15) is 0 Å². The molecule has 9 rings (SSSR count). The number of hydrogen-bond donors (Lipinski definition) is 0. The minimum Gasteiger partial charge on any atom is -0.456 e. The number of fused-ring (bicyclic) bond motifs is 8. The number of para-hydroxylation sites is 3. The zero-order chi connectivity index (χ0) is 26.9. The first-order chi connectivity index (χ1) is 20.3. The summed E-state index contributed by atoms with van der Waals surface area (Å²) in [6.45, 7) is 0. The Balaban J connectivity index is 1.14. The molecule has 192 valence electrons. The molecule has 0 spiro atoms. The van der Waals surface area contributed by atoms with E-state index in [0.29, 0.717) is 0 Å². The van der Waals surface area contributed by atoms with Crippen LogP contribution in [0, 0.1) is 0 Å². The first-order valence-corrected chi connectivity index (χ1v) is 14.5. The highest BCUT2D eigenvalue weighted by Gasteiger charge is 2.16. The van der Waals surface area contributed by atoms with Crippen LogP contribution < -0.4 is 0 Å². The van der Waals surface area contributed by atoms with Crippen LogP contribution in [-0.2, 0) is 0 Å². The highest BCUT2D eigenvalue weighted by atomic mass is 32.1. The van der Waals surface area contributed by atoms with Gasteiger partial charge in [-0.3, -0.25) is 0 Å². The molecule has 41 heavy (non-hydrogen) atoms. The summed E-state index contributed by atoms with van der Waals surface area (Å²) in [5.74, 6) is 0. The molecule has 3 heterocycles. The Morgan fingerprint density at radius 1 is 0.537 bits per heavy atom. The second-order valence-electron chi connectivity index (χ2n) is 10.4. The Labute approximate surface area is 239 Å². The van der Waals surface area contributed by atoms with E-state index in [1.807, 2.05) is 18.2 Å². The zero-order valence-electron chi connectivity index (χ0n) is 21.9. The first-order valence-electron chi connectivity index (χ1n) is 13.7. The lowest BCUT2D eigenvalue weighted by Crippen LogP contribution is -1.92. The standard InChI is InChI=1S/C37H22N2OS/c1-2-8-26(9-3-1)39-31-12-6-4-10-27(31)29-22-25(18-20-32(29)39)23-14-16-24(17-15-23)37-38-30-19-21-34-35(36(30)41-37)28-11-5-7-13-33(28)40-34/h1-22H. The quantitative estimate of drug-likeness (QED) is 0.222. The normalized spacial score (nSPS) is 11.9. The molecule has 0 bridgehead atoms. The molecule has 0 aliphatic carbocycles. The summed E-state index contributed by atoms with van der Waals surface area (Å²) in [6, 6.07) is 47.2. The number of aromatic nitrogens is 2. The van der Waals surface area contributed by atoms with Crippen molar-refractivity contribution in [1.82, 2.24) is 9.55 Å². The maximum atomic E-state index is 6.10. The number of hydrogen-bond acceptors (Lipinski definition) is 3. The Kier molecular flexibility index (Phi) is 4.77. The SMILES string of the molecule is c1ccc(-n2c3ccccc3c3cc(-c4ccc(-c5nc6ccc7oc8ccccc8c7c6s5)cc4)ccc32)cc1. The molecular weight excluding hydrogens is 520 g/mol. The first kappa shape index (κ1) is 22.6. The second kappa shape index (κ2) is 8.65. The number of thiazole rings is 1. The monoisotopic (exact) mass is 542 g/mol. The van der Waals surface area contributed by atoms with E-state index in [1.54, 1.807) is 11.3 Å². The molecule has 0 atom stereocenters. The average Bonchev–Trinajstić information content (AvgIpc) is 3.73. The van der Waals surface area contributed by atoms with Gasteiger partial charge in [-0.2, -0.15) is 0 Å². The van der Waals surface area contributed by atoms with Crippen molar-refractivity contribution < 1.29 is 4.42 Å². The molecule has 0 aliphatic rings. The average molecular weight is 543 g/mol. The number of benzene rings is 6. The van der Waals surface area contributed by atoms with Crippen molar-refractivity contribution in [1.29, 1.82) is 0 Å². The van der Waals surface area contributed by atoms with Crippen LogP contribution in [0.4, 0.5) is 0 Å². The Morgan fingerprint density at radius 3 is 2.12 bits per heavy atom. The van der Waals surface area contributed by atoms with Gasteiger partial charge in [-0.05, 0) is 59.7 Å². The fourth-order valence-electron chi connectivity index (χ4n) is 6.13. The largest absolute Gasteiger partial charge is 0.456 e. The van der Waals surface area contributed by atoms with Gasteiger partial charge in [0, 0.05) is 32.8 Å². The van der Waals surface area contributed by atoms with E-state index < -0.39 is 0 Å². The zero-order valence-corrected chi connectivity index (χ0v) is 22.7. The lowest BCUT2D eigenvalue weighted by Gasteiger charge is -2.08. The van der Waals surface area contributed by atoms with Gasteiger partial charge >= 0.3 is 0 Å². The molecule has 3 nitrogen and oxygen atoms in total. The Hall–Kier alpha value is -5.19. The third-order valence-electron chi connectivity index (χ3n) is 8.05. The van der Waals surface area contributed by atoms with Crippen molar-refractivity contribution in [3.8, 4) is 27.4 Å². The fraction of sp³-hybridized carbons (Fsp3) is 0. The summed E-state index contributed by atoms with van der Waals surface area (Å²) < 4.78 is 9.63. The summed E-state index contributed by atoms with van der Waals surface area (Å²) in [5, 5.41) is 5.83. The van der Waals surface area contributed by atoms with Gasteiger partial charge in [-0.25, -0.2) is 4.98 Å². The van der Waals surface area contributed by atoms with Crippen molar-refractivity contribution in [2.24, 2.45) is 0 Å². The van der Waals surface area contributed by atoms with Crippen LogP contribution >= 0.6 is 11.3 Å². The number of nitrogens with zero attached hydrogens (tertiary/aromatic N) is 2. The number of furan rings is 1. The topological polar surface area (TPSA) is 31.0 Å². The molecule has 6 aromatic carbocycles. The van der Waals surface area contributed by atoms with E-state index in [1.165, 1.54) is 43.3 Å². The highest BCUT2D eigenvalue weighted by molar-refractivity contribution is 7.22. The lowest BCUT2D eigenvalue weighted by molar-refractivity contribution is 0.669. The van der Waals surface area contributed by atoms with Gasteiger partial charge in [-0.15, -0.1) is 11.3 Å². The molecule has 0 saturated carbocycles. The minimum absolute atomic E-state index is 0.910. The third kappa shape index (κ3) is 3.41. The summed E-state index contributed by atoms with van der Waals surface area (Å²) >= 11 is 1.73. The molecule has 0 aliphatic heterocycles. The van der Waals surface area contributed by atoms with Gasteiger partial charge in [0.25, 0.3) is 0 Å². The summed E-state index contributed by atoms with van der Waals surface area (Å²) in [7, 11) is 0. The van der Waals surface area contributed by atoms with Gasteiger partial charge in [0.2, 0.25) is 0 Å². The van der Waals surface area contributed by atoms with E-state index in [2.05, 4.69) is 120 Å². The summed E-state index contributed by atoms with van der Waals surface area (Å²) in [4.78, 5) is 5.00. The van der Waals surface area contributed by atoms with Crippen LogP contribution in [0.2, 0.25) is 0 Å². The molecule has 0 radical (unpaired) electrons. The Morgan fingerprint density at radius 2 is 1.24 bits per heavy atom. The predicted octanol–water partition coefficient (Wildman–Crippen LogP) is 10.6. The Bertz CT molecular complexity index is 2410. The van der Waals surface area contributed by atoms with E-state index in [-0.39, 0.29) is 0 Å². The van der Waals surface area contributed by atoms with Gasteiger partial charge in [0.05, 0.1) is 21.3 Å². The van der Waals surface area contributed by atoms with Crippen molar-refractivity contribution in [3.63, 3.8) is 0 Å². The summed E-state index contributed by atoms with van der Waals surface area (Å²) in [5.41, 5.74) is 9.96. The van der Waals surface area contributed by atoms with Crippen LogP contribution in [-0.4, -0.2) is 9.55 Å². The summed E-state index contributed by atoms with van der Waals surface area (Å²) in [6.07, 6.45) is 0. The number of rotatable bonds is 3. The maximum Gasteiger partial charge on any atom is 0.137 e. The molecular formula is C37H22N2OS. The van der Waals surface area contributed by atoms with Crippen LogP contribution in [0.3, 0.4) is 0 Å². The molecule has 4 heteroatoms. The molecule has 0 unspecified atom stereocenters. The molecule has 0 N–H and O–H groups in total. The highest BCUT2D eigenvalue weighted by Crippen LogP contribution is 2.40. The molecule has 0 saturated heterocycles. The lowest BCUT2D eigenvalue weighted by atomic mass is 10.0. The maximum absolute atomic E-state index is 6.10. The van der Waals surface area contributed by atoms with Crippen molar-refractivity contribution in [3.05, 3.63) is 133 Å². The van der Waals surface area contributed by atoms with Gasteiger partial charge < -0.3 is 8.98 Å². The van der Waals surface area contributed by atoms with E-state index in [0.717, 1.165) is 38.0 Å². The van der Waals surface area contributed by atoms with Crippen molar-refractivity contribution in [2.75, 3.05) is 0 Å². The van der Waals surface area contributed by atoms with E-state index >= 15 is 0 Å². The van der Waals surface area contributed by atoms with Gasteiger partial charge in [-0.1, -0.05) is 84.9 Å². The minimum atomic E-state index is 0.910. The van der Waals surface area contributed by atoms with E-state index in [4.69, 9.17) is 9.40 Å².